The van der Waals surface area contributed by atoms with Crippen LogP contribution in [0.15, 0.2) is 51.8 Å². The number of benzene rings is 2. The molecule has 1 aromatic heterocycles. The summed E-state index contributed by atoms with van der Waals surface area (Å²) in [5.74, 6) is -0.241. The summed E-state index contributed by atoms with van der Waals surface area (Å²) in [6.45, 7) is 7.12. The minimum atomic E-state index is -3.48. The Bertz CT molecular complexity index is 1110. The number of hydrogen-bond donors (Lipinski definition) is 1. The van der Waals surface area contributed by atoms with Crippen LogP contribution in [0.4, 0.5) is 6.01 Å². The summed E-state index contributed by atoms with van der Waals surface area (Å²) in [4.78, 5) is 12.6. The molecule has 1 amide bonds. The fourth-order valence-electron chi connectivity index (χ4n) is 2.74. The van der Waals surface area contributed by atoms with Crippen molar-refractivity contribution in [2.24, 2.45) is 0 Å². The van der Waals surface area contributed by atoms with Crippen molar-refractivity contribution in [3.8, 4) is 11.5 Å². The number of carbonyl (C=O) groups excluding carboxylic acids is 1. The first-order chi connectivity index (χ1) is 13.2. The van der Waals surface area contributed by atoms with Gasteiger partial charge in [0.15, 0.2) is 9.84 Å². The molecule has 0 radical (unpaired) electrons. The topological polar surface area (TPSA) is 102 Å². The molecule has 0 aliphatic carbocycles. The summed E-state index contributed by atoms with van der Waals surface area (Å²) in [6.07, 6.45) is 0. The molecule has 0 saturated carbocycles. The van der Waals surface area contributed by atoms with Gasteiger partial charge in [0.25, 0.3) is 5.91 Å². The summed E-state index contributed by atoms with van der Waals surface area (Å²) in [5.41, 5.74) is 3.06. The highest BCUT2D eigenvalue weighted by Gasteiger charge is 2.21. The molecule has 1 heterocycles. The molecule has 2 aromatic carbocycles. The molecule has 0 spiro atoms. The van der Waals surface area contributed by atoms with E-state index in [4.69, 9.17) is 4.42 Å². The average Bonchev–Trinajstić information content (AvgIpc) is 3.09. The summed E-state index contributed by atoms with van der Waals surface area (Å²) >= 11 is 0. The maximum atomic E-state index is 12.5. The molecule has 146 valence electrons. The number of nitrogens with zero attached hydrogens (tertiary/aromatic N) is 2. The van der Waals surface area contributed by atoms with E-state index in [-0.39, 0.29) is 16.5 Å². The van der Waals surface area contributed by atoms with Gasteiger partial charge in [-0.15, -0.1) is 5.10 Å². The minimum Gasteiger partial charge on any atom is -0.403 e. The number of sulfone groups is 1. The van der Waals surface area contributed by atoms with Crippen molar-refractivity contribution in [3.63, 3.8) is 0 Å². The lowest BCUT2D eigenvalue weighted by molar-refractivity contribution is 0.102. The van der Waals surface area contributed by atoms with E-state index in [1.54, 1.807) is 13.8 Å². The zero-order valence-corrected chi connectivity index (χ0v) is 16.9. The highest BCUT2D eigenvalue weighted by atomic mass is 32.2. The Morgan fingerprint density at radius 3 is 2.36 bits per heavy atom. The number of amides is 1. The summed E-state index contributed by atoms with van der Waals surface area (Å²) < 4.78 is 30.2. The highest BCUT2D eigenvalue weighted by molar-refractivity contribution is 7.92. The van der Waals surface area contributed by atoms with E-state index in [1.807, 2.05) is 32.0 Å². The van der Waals surface area contributed by atoms with E-state index in [0.29, 0.717) is 5.89 Å². The van der Waals surface area contributed by atoms with E-state index in [1.165, 1.54) is 24.3 Å². The largest absolute Gasteiger partial charge is 0.403 e. The molecule has 0 aliphatic heterocycles. The third kappa shape index (κ3) is 4.12. The van der Waals surface area contributed by atoms with Crippen LogP contribution in [0.5, 0.6) is 0 Å². The van der Waals surface area contributed by atoms with Crippen molar-refractivity contribution in [1.29, 1.82) is 0 Å². The second-order valence-electron chi connectivity index (χ2n) is 6.86. The second-order valence-corrected chi connectivity index (χ2v) is 9.37. The highest BCUT2D eigenvalue weighted by Crippen LogP contribution is 2.23. The maximum Gasteiger partial charge on any atom is 0.322 e. The lowest BCUT2D eigenvalue weighted by Gasteiger charge is -2.09. The lowest BCUT2D eigenvalue weighted by Crippen LogP contribution is -2.16. The zero-order valence-electron chi connectivity index (χ0n) is 16.1. The summed E-state index contributed by atoms with van der Waals surface area (Å²) in [7, 11) is -3.48. The third-order valence-corrected chi connectivity index (χ3v) is 6.31. The Balaban J connectivity index is 1.82. The predicted molar refractivity (Wildman–Crippen MR) is 106 cm³/mol. The van der Waals surface area contributed by atoms with Crippen LogP contribution in [-0.2, 0) is 9.84 Å². The Morgan fingerprint density at radius 2 is 1.71 bits per heavy atom. The van der Waals surface area contributed by atoms with Crippen LogP contribution in [0.25, 0.3) is 11.5 Å². The van der Waals surface area contributed by atoms with Crippen molar-refractivity contribution < 1.29 is 17.6 Å². The van der Waals surface area contributed by atoms with Crippen LogP contribution in [0, 0.1) is 13.8 Å². The minimum absolute atomic E-state index is 0.0590. The lowest BCUT2D eigenvalue weighted by atomic mass is 10.1. The van der Waals surface area contributed by atoms with Crippen molar-refractivity contribution in [1.82, 2.24) is 10.2 Å². The van der Waals surface area contributed by atoms with Gasteiger partial charge in [-0.2, -0.15) is 0 Å². The Hall–Kier alpha value is -3.00. The van der Waals surface area contributed by atoms with Gasteiger partial charge in [0.1, 0.15) is 0 Å². The van der Waals surface area contributed by atoms with E-state index < -0.39 is 21.0 Å². The van der Waals surface area contributed by atoms with Crippen LogP contribution >= 0.6 is 0 Å². The molecule has 0 fully saturated rings. The Kier molecular flexibility index (Phi) is 5.33. The van der Waals surface area contributed by atoms with Crippen LogP contribution in [0.1, 0.15) is 35.3 Å². The average molecular weight is 399 g/mol. The van der Waals surface area contributed by atoms with Crippen molar-refractivity contribution in [2.45, 2.75) is 37.8 Å². The van der Waals surface area contributed by atoms with Crippen LogP contribution in [0.3, 0.4) is 0 Å². The SMILES string of the molecule is Cc1cc(C)cc(-c2nnc(NC(=O)c3cccc(S(=O)(=O)C(C)C)c3)o2)c1. The smallest absolute Gasteiger partial charge is 0.322 e. The van der Waals surface area contributed by atoms with E-state index in [0.717, 1.165) is 16.7 Å². The van der Waals surface area contributed by atoms with E-state index in [2.05, 4.69) is 15.5 Å². The molecular weight excluding hydrogens is 378 g/mol. The fraction of sp³-hybridized carbons (Fsp3) is 0.250. The number of aromatic nitrogens is 2. The number of aryl methyl sites for hydroxylation is 2. The molecule has 0 bridgehead atoms. The molecule has 3 aromatic rings. The molecule has 7 nitrogen and oxygen atoms in total. The van der Waals surface area contributed by atoms with Crippen molar-refractivity contribution >= 4 is 21.8 Å². The molecule has 28 heavy (non-hydrogen) atoms. The zero-order chi connectivity index (χ0) is 20.5. The number of hydrogen-bond acceptors (Lipinski definition) is 6. The van der Waals surface area contributed by atoms with Gasteiger partial charge < -0.3 is 4.42 Å². The number of carbonyl (C=O) groups is 1. The molecular formula is C20H21N3O4S. The molecule has 0 atom stereocenters. The molecule has 0 aliphatic rings. The van der Waals surface area contributed by atoms with Gasteiger partial charge >= 0.3 is 6.01 Å². The number of nitrogens with one attached hydrogen (secondary N) is 1. The van der Waals surface area contributed by atoms with Gasteiger partial charge in [0.2, 0.25) is 5.89 Å². The molecule has 0 unspecified atom stereocenters. The standard InChI is InChI=1S/C20H21N3O4S/c1-12(2)28(25,26)17-7-5-6-15(11-17)18(24)21-20-23-22-19(27-20)16-9-13(3)8-14(4)10-16/h5-12H,1-4H3,(H,21,23,24). The maximum absolute atomic E-state index is 12.5. The third-order valence-electron chi connectivity index (χ3n) is 4.16. The van der Waals surface area contributed by atoms with Gasteiger partial charge in [-0.3, -0.25) is 10.1 Å². The quantitative estimate of drug-likeness (QED) is 0.700. The Labute approximate surface area is 163 Å². The first-order valence-electron chi connectivity index (χ1n) is 8.74. The predicted octanol–water partition coefficient (Wildman–Crippen LogP) is 3.79. The number of anilines is 1. The van der Waals surface area contributed by atoms with Crippen molar-refractivity contribution in [3.05, 3.63) is 59.2 Å². The fourth-order valence-corrected chi connectivity index (χ4v) is 3.85. The normalized spacial score (nSPS) is 11.6. The van der Waals surface area contributed by atoms with Gasteiger partial charge in [-0.1, -0.05) is 28.4 Å². The van der Waals surface area contributed by atoms with Gasteiger partial charge in [0, 0.05) is 11.1 Å². The molecule has 0 saturated heterocycles. The van der Waals surface area contributed by atoms with Gasteiger partial charge in [-0.05, 0) is 58.0 Å². The first kappa shape index (κ1) is 19.8. The second kappa shape index (κ2) is 7.55. The number of rotatable bonds is 5. The Morgan fingerprint density at radius 1 is 1.04 bits per heavy atom. The molecule has 3 rings (SSSR count). The van der Waals surface area contributed by atoms with Crippen LogP contribution < -0.4 is 5.32 Å². The van der Waals surface area contributed by atoms with Crippen molar-refractivity contribution in [2.75, 3.05) is 5.32 Å². The van der Waals surface area contributed by atoms with Gasteiger partial charge in [0.05, 0.1) is 10.1 Å². The summed E-state index contributed by atoms with van der Waals surface area (Å²) in [5, 5.41) is 9.75. The van der Waals surface area contributed by atoms with Gasteiger partial charge in [-0.25, -0.2) is 8.42 Å². The first-order valence-corrected chi connectivity index (χ1v) is 10.3. The van der Waals surface area contributed by atoms with Crippen LogP contribution in [-0.4, -0.2) is 29.8 Å². The molecule has 1 N–H and O–H groups in total. The molecule has 8 heteroatoms. The van der Waals surface area contributed by atoms with E-state index >= 15 is 0 Å². The monoisotopic (exact) mass is 399 g/mol. The summed E-state index contributed by atoms with van der Waals surface area (Å²) in [6, 6.07) is 11.6. The van der Waals surface area contributed by atoms with Crippen LogP contribution in [0.2, 0.25) is 0 Å². The van der Waals surface area contributed by atoms with E-state index in [9.17, 15) is 13.2 Å².